The maximum atomic E-state index is 12.3. The topological polar surface area (TPSA) is 39.1 Å². The fourth-order valence-corrected chi connectivity index (χ4v) is 3.73. The third kappa shape index (κ3) is 2.13. The molecule has 1 heterocycles. The molecule has 0 bridgehead atoms. The van der Waals surface area contributed by atoms with Crippen molar-refractivity contribution in [3.8, 4) is 0 Å². The Bertz CT molecular complexity index is 980. The van der Waals surface area contributed by atoms with Crippen molar-refractivity contribution in [3.05, 3.63) is 77.0 Å². The summed E-state index contributed by atoms with van der Waals surface area (Å²) in [4.78, 5) is 23.9. The van der Waals surface area contributed by atoms with Crippen molar-refractivity contribution in [1.29, 1.82) is 0 Å². The second-order valence-electron chi connectivity index (χ2n) is 6.16. The van der Waals surface area contributed by atoms with Crippen molar-refractivity contribution in [3.63, 3.8) is 0 Å². The van der Waals surface area contributed by atoms with Crippen molar-refractivity contribution in [2.24, 2.45) is 0 Å². The number of hydrogen-bond donors (Lipinski definition) is 0. The lowest BCUT2D eigenvalue weighted by Gasteiger charge is -2.23. The van der Waals surface area contributed by atoms with Crippen molar-refractivity contribution in [1.82, 2.24) is 4.57 Å². The molecule has 0 fully saturated rings. The van der Waals surface area contributed by atoms with Crippen LogP contribution in [0.25, 0.3) is 17.0 Å². The predicted octanol–water partition coefficient (Wildman–Crippen LogP) is 4.22. The molecule has 0 radical (unpaired) electrons. The van der Waals surface area contributed by atoms with E-state index in [1.165, 1.54) is 0 Å². The van der Waals surface area contributed by atoms with Gasteiger partial charge in [-0.1, -0.05) is 48.5 Å². The van der Waals surface area contributed by atoms with Gasteiger partial charge in [-0.15, -0.1) is 0 Å². The predicted molar refractivity (Wildman–Crippen MR) is 95.2 cm³/mol. The van der Waals surface area contributed by atoms with Gasteiger partial charge in [-0.3, -0.25) is 14.2 Å². The van der Waals surface area contributed by atoms with Gasteiger partial charge in [0, 0.05) is 35.1 Å². The van der Waals surface area contributed by atoms with E-state index >= 15 is 0 Å². The van der Waals surface area contributed by atoms with Crippen LogP contribution in [0.15, 0.2) is 60.2 Å². The molecule has 1 atom stereocenters. The molecule has 118 valence electrons. The molecule has 0 spiro atoms. The van der Waals surface area contributed by atoms with E-state index in [0.29, 0.717) is 6.42 Å². The van der Waals surface area contributed by atoms with Crippen LogP contribution in [-0.2, 0) is 11.2 Å². The van der Waals surface area contributed by atoms with Crippen LogP contribution in [0.3, 0.4) is 0 Å². The molecular weight excluding hydrogens is 298 g/mol. The lowest BCUT2D eigenvalue weighted by Crippen LogP contribution is -2.18. The first-order valence-electron chi connectivity index (χ1n) is 8.05. The molecule has 1 aliphatic carbocycles. The van der Waals surface area contributed by atoms with E-state index in [4.69, 9.17) is 0 Å². The Hall–Kier alpha value is -2.94. The summed E-state index contributed by atoms with van der Waals surface area (Å²) < 4.78 is 1.79. The van der Waals surface area contributed by atoms with Crippen LogP contribution in [0.2, 0.25) is 0 Å². The highest BCUT2D eigenvalue weighted by molar-refractivity contribution is 6.01. The zero-order chi connectivity index (χ0) is 16.7. The first kappa shape index (κ1) is 14.6. The van der Waals surface area contributed by atoms with Crippen LogP contribution >= 0.6 is 0 Å². The summed E-state index contributed by atoms with van der Waals surface area (Å²) in [6.45, 7) is 1.59. The first-order valence-corrected chi connectivity index (χ1v) is 8.05. The summed E-state index contributed by atoms with van der Waals surface area (Å²) in [5.74, 6) is -0.0131. The molecule has 1 aromatic heterocycles. The number of fused-ring (bicyclic) bond motifs is 3. The largest absolute Gasteiger partial charge is 0.298 e. The summed E-state index contributed by atoms with van der Waals surface area (Å²) in [6.07, 6.45) is 3.55. The number of carbonyl (C=O) groups excluding carboxylic acids is 2. The van der Waals surface area contributed by atoms with Crippen LogP contribution in [-0.4, -0.2) is 16.8 Å². The number of benzene rings is 2. The van der Waals surface area contributed by atoms with E-state index in [0.717, 1.165) is 39.6 Å². The number of nitrogens with zero attached hydrogens (tertiary/aromatic N) is 1. The van der Waals surface area contributed by atoms with Crippen molar-refractivity contribution in [2.75, 3.05) is 0 Å². The number of aldehydes is 1. The van der Waals surface area contributed by atoms with Gasteiger partial charge >= 0.3 is 0 Å². The SMILES string of the molecule is CC(=O)n1c2c(c3ccccc31)C=C(C=O)[C@@H](c1ccccc1)C2. The number of rotatable bonds is 2. The Labute approximate surface area is 140 Å². The normalized spacial score (nSPS) is 16.5. The number of para-hydroxylation sites is 1. The van der Waals surface area contributed by atoms with Gasteiger partial charge < -0.3 is 0 Å². The first-order chi connectivity index (χ1) is 11.7. The van der Waals surface area contributed by atoms with E-state index in [-0.39, 0.29) is 11.8 Å². The molecule has 2 aromatic carbocycles. The quantitative estimate of drug-likeness (QED) is 0.664. The summed E-state index contributed by atoms with van der Waals surface area (Å²) in [5.41, 5.74) is 4.76. The van der Waals surface area contributed by atoms with Gasteiger partial charge in [0.05, 0.1) is 5.52 Å². The second kappa shape index (κ2) is 5.60. The van der Waals surface area contributed by atoms with E-state index in [1.54, 1.807) is 11.5 Å². The summed E-state index contributed by atoms with van der Waals surface area (Å²) in [5, 5.41) is 1.02. The van der Waals surface area contributed by atoms with Crippen LogP contribution in [0.4, 0.5) is 0 Å². The monoisotopic (exact) mass is 315 g/mol. The molecule has 0 N–H and O–H groups in total. The highest BCUT2D eigenvalue weighted by atomic mass is 16.1. The highest BCUT2D eigenvalue weighted by Crippen LogP contribution is 2.39. The van der Waals surface area contributed by atoms with Gasteiger partial charge in [-0.2, -0.15) is 0 Å². The van der Waals surface area contributed by atoms with E-state index in [9.17, 15) is 9.59 Å². The third-order valence-electron chi connectivity index (χ3n) is 4.78. The molecule has 0 saturated heterocycles. The minimum atomic E-state index is -0.0152. The van der Waals surface area contributed by atoms with Gasteiger partial charge in [-0.25, -0.2) is 0 Å². The minimum Gasteiger partial charge on any atom is -0.298 e. The number of aromatic nitrogens is 1. The molecule has 24 heavy (non-hydrogen) atoms. The molecule has 1 aliphatic rings. The van der Waals surface area contributed by atoms with Crippen LogP contribution in [0.5, 0.6) is 0 Å². The molecular formula is C21H17NO2. The van der Waals surface area contributed by atoms with Crippen LogP contribution < -0.4 is 0 Å². The standard InChI is InChI=1S/C21H17NO2/c1-14(24)22-20-10-6-5-9-17(20)19-11-16(13-23)18(12-21(19)22)15-7-3-2-4-8-15/h2-11,13,18H,12H2,1H3/t18-/m1/s1. The van der Waals surface area contributed by atoms with E-state index in [1.807, 2.05) is 60.7 Å². The third-order valence-corrected chi connectivity index (χ3v) is 4.78. The lowest BCUT2D eigenvalue weighted by molar-refractivity contribution is -0.105. The smallest absolute Gasteiger partial charge is 0.228 e. The van der Waals surface area contributed by atoms with Gasteiger partial charge in [0.2, 0.25) is 5.91 Å². The molecule has 3 heteroatoms. The second-order valence-corrected chi connectivity index (χ2v) is 6.16. The molecule has 3 nitrogen and oxygen atoms in total. The Morgan fingerprint density at radius 1 is 1.08 bits per heavy atom. The Balaban J connectivity index is 1.98. The zero-order valence-electron chi connectivity index (χ0n) is 13.4. The van der Waals surface area contributed by atoms with Crippen LogP contribution in [0, 0.1) is 0 Å². The highest BCUT2D eigenvalue weighted by Gasteiger charge is 2.28. The van der Waals surface area contributed by atoms with E-state index < -0.39 is 0 Å². The molecule has 0 amide bonds. The van der Waals surface area contributed by atoms with E-state index in [2.05, 4.69) is 0 Å². The minimum absolute atomic E-state index is 0.00205. The van der Waals surface area contributed by atoms with Crippen LogP contribution in [0.1, 0.15) is 34.5 Å². The summed E-state index contributed by atoms with van der Waals surface area (Å²) in [6, 6.07) is 17.9. The zero-order valence-corrected chi connectivity index (χ0v) is 13.4. The number of hydrogen-bond acceptors (Lipinski definition) is 2. The summed E-state index contributed by atoms with van der Waals surface area (Å²) >= 11 is 0. The maximum Gasteiger partial charge on any atom is 0.228 e. The van der Waals surface area contributed by atoms with Gasteiger partial charge in [0.1, 0.15) is 6.29 Å². The van der Waals surface area contributed by atoms with Gasteiger partial charge in [0.25, 0.3) is 0 Å². The molecule has 0 aliphatic heterocycles. The number of carbonyl (C=O) groups is 2. The Morgan fingerprint density at radius 3 is 2.50 bits per heavy atom. The number of allylic oxidation sites excluding steroid dienone is 1. The molecule has 0 saturated carbocycles. The van der Waals surface area contributed by atoms with Crippen molar-refractivity contribution < 1.29 is 9.59 Å². The van der Waals surface area contributed by atoms with Crippen molar-refractivity contribution in [2.45, 2.75) is 19.3 Å². The molecule has 0 unspecified atom stereocenters. The fraction of sp³-hybridized carbons (Fsp3) is 0.143. The lowest BCUT2D eigenvalue weighted by atomic mass is 9.82. The average molecular weight is 315 g/mol. The van der Waals surface area contributed by atoms with Gasteiger partial charge in [0.15, 0.2) is 0 Å². The summed E-state index contributed by atoms with van der Waals surface area (Å²) in [7, 11) is 0. The van der Waals surface area contributed by atoms with Gasteiger partial charge in [-0.05, 0) is 24.1 Å². The Morgan fingerprint density at radius 2 is 1.79 bits per heavy atom. The average Bonchev–Trinajstić information content (AvgIpc) is 2.95. The Kier molecular flexibility index (Phi) is 3.42. The molecule has 4 rings (SSSR count). The maximum absolute atomic E-state index is 12.3. The van der Waals surface area contributed by atoms with Crippen molar-refractivity contribution >= 4 is 29.2 Å². The fourth-order valence-electron chi connectivity index (χ4n) is 3.73. The molecule has 3 aromatic rings.